The summed E-state index contributed by atoms with van der Waals surface area (Å²) in [4.78, 5) is 55.1. The van der Waals surface area contributed by atoms with Gasteiger partial charge >= 0.3 is 12.1 Å². The molecule has 0 saturated carbocycles. The van der Waals surface area contributed by atoms with Crippen LogP contribution in [-0.2, 0) is 18.9 Å². The Morgan fingerprint density at radius 2 is 1.47 bits per heavy atom. The molecule has 12 heteroatoms. The van der Waals surface area contributed by atoms with Crippen molar-refractivity contribution in [2.24, 2.45) is 0 Å². The van der Waals surface area contributed by atoms with E-state index in [2.05, 4.69) is 5.32 Å². The van der Waals surface area contributed by atoms with Crippen molar-refractivity contribution in [3.63, 3.8) is 0 Å². The molecule has 51 heavy (non-hydrogen) atoms. The molecule has 2 atom stereocenters. The summed E-state index contributed by atoms with van der Waals surface area (Å²) in [6.45, 7) is 9.88. The number of benzene rings is 3. The zero-order chi connectivity index (χ0) is 37.1. The minimum absolute atomic E-state index is 0.0135. The molecule has 3 aromatic rings. The molecule has 4 rings (SSSR count). The number of amides is 2. The van der Waals surface area contributed by atoms with Gasteiger partial charge in [-0.25, -0.2) is 9.59 Å². The van der Waals surface area contributed by atoms with Gasteiger partial charge in [-0.1, -0.05) is 32.0 Å². The smallest absolute Gasteiger partial charge is 0.410 e. The lowest BCUT2D eigenvalue weighted by atomic mass is 9.95. The molecule has 0 spiro atoms. The lowest BCUT2D eigenvalue weighted by molar-refractivity contribution is 0.0127. The minimum Gasteiger partial charge on any atom is -0.468 e. The molecule has 3 aromatic carbocycles. The van der Waals surface area contributed by atoms with E-state index in [1.165, 1.54) is 31.3 Å². The molecule has 0 aromatic heterocycles. The van der Waals surface area contributed by atoms with Gasteiger partial charge in [-0.2, -0.15) is 0 Å². The fraction of sp³-hybridized carbons (Fsp3) is 0.436. The number of hydrogen-bond donors (Lipinski definition) is 1. The van der Waals surface area contributed by atoms with E-state index in [0.29, 0.717) is 47.6 Å². The van der Waals surface area contributed by atoms with Gasteiger partial charge in [0.2, 0.25) is 0 Å². The third-order valence-corrected chi connectivity index (χ3v) is 8.10. The monoisotopic (exact) mass is 704 g/mol. The van der Waals surface area contributed by atoms with Gasteiger partial charge in [-0.15, -0.1) is 0 Å². The topological polar surface area (TPSA) is 139 Å². The molecule has 2 amide bonds. The van der Waals surface area contributed by atoms with Crippen molar-refractivity contribution in [1.29, 1.82) is 0 Å². The molecule has 0 unspecified atom stereocenters. The maximum Gasteiger partial charge on any atom is 0.410 e. The first-order valence-corrected chi connectivity index (χ1v) is 16.9. The maximum atomic E-state index is 13.6. The first-order chi connectivity index (χ1) is 24.3. The van der Waals surface area contributed by atoms with Crippen LogP contribution in [0.25, 0.3) is 0 Å². The summed E-state index contributed by atoms with van der Waals surface area (Å²) in [7, 11) is 3.02. The molecule has 0 aliphatic carbocycles. The molecule has 1 aliphatic heterocycles. The Labute approximate surface area is 299 Å². The molecule has 274 valence electrons. The highest BCUT2D eigenvalue weighted by atomic mass is 16.7. The number of nitrogens with one attached hydrogen (secondary N) is 1. The van der Waals surface area contributed by atoms with Crippen LogP contribution in [0.5, 0.6) is 11.5 Å². The summed E-state index contributed by atoms with van der Waals surface area (Å²) in [5.41, 5.74) is 1.59. The normalized spacial score (nSPS) is 16.2. The summed E-state index contributed by atoms with van der Waals surface area (Å²) in [6.07, 6.45) is -0.403. The number of ketones is 1. The number of hydrogen-bond acceptors (Lipinski definition) is 10. The van der Waals surface area contributed by atoms with Gasteiger partial charge in [0, 0.05) is 38.4 Å². The van der Waals surface area contributed by atoms with E-state index in [0.717, 1.165) is 5.56 Å². The maximum absolute atomic E-state index is 13.6. The first-order valence-electron chi connectivity index (χ1n) is 16.9. The Morgan fingerprint density at radius 3 is 2.10 bits per heavy atom. The van der Waals surface area contributed by atoms with E-state index in [4.69, 9.17) is 28.4 Å². The van der Waals surface area contributed by atoms with E-state index in [-0.39, 0.29) is 37.4 Å². The number of likely N-dealkylation sites (tertiary alicyclic amines) is 1. The molecular weight excluding hydrogens is 656 g/mol. The first kappa shape index (κ1) is 38.9. The highest BCUT2D eigenvalue weighted by molar-refractivity contribution is 6.11. The molecule has 12 nitrogen and oxygen atoms in total. The van der Waals surface area contributed by atoms with Crippen molar-refractivity contribution in [2.75, 3.05) is 40.9 Å². The molecule has 1 saturated heterocycles. The van der Waals surface area contributed by atoms with Crippen molar-refractivity contribution in [3.05, 3.63) is 94.5 Å². The Balaban J connectivity index is 1.53. The van der Waals surface area contributed by atoms with Crippen LogP contribution in [-0.4, -0.2) is 87.3 Å². The molecule has 1 aliphatic rings. The van der Waals surface area contributed by atoms with Crippen molar-refractivity contribution < 1.29 is 47.6 Å². The van der Waals surface area contributed by atoms with Gasteiger partial charge in [-0.05, 0) is 93.6 Å². The lowest BCUT2D eigenvalue weighted by Gasteiger charge is -2.30. The van der Waals surface area contributed by atoms with E-state index < -0.39 is 35.7 Å². The van der Waals surface area contributed by atoms with Gasteiger partial charge in [0.05, 0.1) is 17.2 Å². The summed E-state index contributed by atoms with van der Waals surface area (Å²) in [5.74, 6) is -0.191. The predicted octanol–water partition coefficient (Wildman–Crippen LogP) is 6.36. The number of carbonyl (C=O) groups is 4. The average Bonchev–Trinajstić information content (AvgIpc) is 3.30. The van der Waals surface area contributed by atoms with Crippen LogP contribution in [0.2, 0.25) is 0 Å². The van der Waals surface area contributed by atoms with Gasteiger partial charge in [-0.3, -0.25) is 9.59 Å². The van der Waals surface area contributed by atoms with Gasteiger partial charge in [0.25, 0.3) is 5.91 Å². The Hall–Kier alpha value is -4.94. The standard InChI is InChI=1S/C39H48N2O10/c1-25(2)29-16-19-33(49-24-47-7)31(21-29)35(42)26-10-12-28(13-11-26)37(44)50-34-9-8-20-41(38(45)51-39(3,4)5)22-32(34)40-36(43)27-14-17-30(18-15-27)48-23-46-6/h10-19,21,25,32,34H,8-9,20,22-24H2,1-7H3,(H,40,43)/t32-,34-/m1/s1. The summed E-state index contributed by atoms with van der Waals surface area (Å²) in [6, 6.07) is 17.4. The molecule has 1 heterocycles. The van der Waals surface area contributed by atoms with Crippen LogP contribution in [0.15, 0.2) is 66.7 Å². The quantitative estimate of drug-likeness (QED) is 0.122. The Bertz CT molecular complexity index is 1650. The number of carbonyl (C=O) groups excluding carboxylic acids is 4. The molecular formula is C39H48N2O10. The summed E-state index contributed by atoms with van der Waals surface area (Å²) < 4.78 is 32.7. The second-order valence-corrected chi connectivity index (χ2v) is 13.5. The van der Waals surface area contributed by atoms with Crippen LogP contribution in [0.4, 0.5) is 4.79 Å². The van der Waals surface area contributed by atoms with Crippen LogP contribution in [0, 0.1) is 0 Å². The van der Waals surface area contributed by atoms with Crippen molar-refractivity contribution >= 4 is 23.8 Å². The Morgan fingerprint density at radius 1 is 0.843 bits per heavy atom. The fourth-order valence-corrected chi connectivity index (χ4v) is 5.44. The van der Waals surface area contributed by atoms with E-state index in [9.17, 15) is 19.2 Å². The molecule has 0 bridgehead atoms. The van der Waals surface area contributed by atoms with E-state index in [1.807, 2.05) is 26.0 Å². The number of esters is 1. The van der Waals surface area contributed by atoms with Crippen LogP contribution < -0.4 is 14.8 Å². The van der Waals surface area contributed by atoms with Crippen LogP contribution >= 0.6 is 0 Å². The van der Waals surface area contributed by atoms with Crippen molar-refractivity contribution in [2.45, 2.75) is 71.1 Å². The fourth-order valence-electron chi connectivity index (χ4n) is 5.44. The molecule has 0 radical (unpaired) electrons. The molecule has 1 N–H and O–H groups in total. The van der Waals surface area contributed by atoms with Crippen LogP contribution in [0.3, 0.4) is 0 Å². The van der Waals surface area contributed by atoms with Crippen molar-refractivity contribution in [3.8, 4) is 11.5 Å². The number of nitrogens with zero attached hydrogens (tertiary/aromatic N) is 1. The van der Waals surface area contributed by atoms with Crippen molar-refractivity contribution in [1.82, 2.24) is 10.2 Å². The SMILES string of the molecule is COCOc1ccc(C(=O)N[C@@H]2CN(C(=O)OC(C)(C)C)CCC[C@H]2OC(=O)c2ccc(C(=O)c3cc(C(C)C)ccc3OCOC)cc2)cc1. The lowest BCUT2D eigenvalue weighted by Crippen LogP contribution is -2.51. The predicted molar refractivity (Wildman–Crippen MR) is 189 cm³/mol. The number of ether oxygens (including phenoxy) is 6. The van der Waals surface area contributed by atoms with Gasteiger partial charge in [0.1, 0.15) is 23.2 Å². The second-order valence-electron chi connectivity index (χ2n) is 13.5. The number of rotatable bonds is 13. The Kier molecular flexibility index (Phi) is 13.6. The second kappa shape index (κ2) is 17.8. The van der Waals surface area contributed by atoms with Gasteiger partial charge in [0.15, 0.2) is 19.4 Å². The zero-order valence-electron chi connectivity index (χ0n) is 30.4. The molecule has 1 fully saturated rings. The summed E-state index contributed by atoms with van der Waals surface area (Å²) in [5, 5.41) is 2.97. The number of methoxy groups -OCH3 is 2. The highest BCUT2D eigenvalue weighted by Gasteiger charge is 2.35. The third kappa shape index (κ3) is 11.0. The average molecular weight is 705 g/mol. The highest BCUT2D eigenvalue weighted by Crippen LogP contribution is 2.28. The minimum atomic E-state index is -0.765. The third-order valence-electron chi connectivity index (χ3n) is 8.10. The van der Waals surface area contributed by atoms with Gasteiger partial charge < -0.3 is 38.6 Å². The van der Waals surface area contributed by atoms with E-state index >= 15 is 0 Å². The zero-order valence-corrected chi connectivity index (χ0v) is 30.4. The summed E-state index contributed by atoms with van der Waals surface area (Å²) >= 11 is 0. The van der Waals surface area contributed by atoms with E-state index in [1.54, 1.807) is 63.2 Å². The largest absolute Gasteiger partial charge is 0.468 e. The van der Waals surface area contributed by atoms with Crippen LogP contribution in [0.1, 0.15) is 95.6 Å².